The van der Waals surface area contributed by atoms with Crippen LogP contribution in [-0.4, -0.2) is 41.9 Å². The van der Waals surface area contributed by atoms with Gasteiger partial charge in [0.25, 0.3) is 0 Å². The number of hydrogen-bond donors (Lipinski definition) is 0. The smallest absolute Gasteiger partial charge is 0.173 e. The van der Waals surface area contributed by atoms with Gasteiger partial charge in [-0.15, -0.1) is 11.3 Å². The van der Waals surface area contributed by atoms with E-state index in [2.05, 4.69) is 48.1 Å². The Balaban J connectivity index is 1.68. The number of ketones is 1. The number of anilines is 1. The van der Waals surface area contributed by atoms with Crippen LogP contribution in [0, 0.1) is 5.41 Å². The van der Waals surface area contributed by atoms with Crippen LogP contribution in [-0.2, 0) is 18.2 Å². The van der Waals surface area contributed by atoms with Gasteiger partial charge in [0.05, 0.1) is 29.3 Å². The first kappa shape index (κ1) is 19.5. The number of aryl methyl sites for hydroxylation is 1. The number of carbonyl (C=O) groups is 1. The summed E-state index contributed by atoms with van der Waals surface area (Å²) in [6, 6.07) is 8.66. The van der Waals surface area contributed by atoms with Crippen molar-refractivity contribution in [3.8, 4) is 22.3 Å². The highest BCUT2D eigenvalue weighted by Gasteiger charge is 2.37. The van der Waals surface area contributed by atoms with Crippen molar-refractivity contribution in [3.05, 3.63) is 47.1 Å². The maximum atomic E-state index is 13.0. The van der Waals surface area contributed by atoms with Crippen molar-refractivity contribution >= 4 is 22.1 Å². The van der Waals surface area contributed by atoms with Crippen molar-refractivity contribution in [3.63, 3.8) is 0 Å². The van der Waals surface area contributed by atoms with E-state index >= 15 is 0 Å². The van der Waals surface area contributed by atoms with Crippen LogP contribution < -0.4 is 4.90 Å². The summed E-state index contributed by atoms with van der Waals surface area (Å²) >= 11 is 1.68. The second kappa shape index (κ2) is 7.36. The van der Waals surface area contributed by atoms with Gasteiger partial charge in [-0.05, 0) is 34.6 Å². The Hall–Kier alpha value is -2.44. The third kappa shape index (κ3) is 3.48. The van der Waals surface area contributed by atoms with E-state index in [1.54, 1.807) is 11.3 Å². The molecule has 0 radical (unpaired) electrons. The summed E-state index contributed by atoms with van der Waals surface area (Å²) in [5.41, 5.74) is 5.89. The lowest BCUT2D eigenvalue weighted by Gasteiger charge is -2.30. The van der Waals surface area contributed by atoms with Gasteiger partial charge in [-0.3, -0.25) is 9.48 Å². The van der Waals surface area contributed by atoms with E-state index in [-0.39, 0.29) is 11.2 Å². The number of fused-ring (bicyclic) bond motifs is 1. The topological polar surface area (TPSA) is 47.4 Å². The van der Waals surface area contributed by atoms with Gasteiger partial charge in [0.1, 0.15) is 0 Å². The standard InChI is InChI=1S/C24H27N3O2S/c1-24(2)12-19-21(17-6-4-5-16(11-17)18-14-25-26(3)15-18)23(27-7-9-29-10-8-27)30-22(19)20(28)13-24/h4-6,11,14-15H,7-10,12-13H2,1-3H3. The minimum absolute atomic E-state index is 0.0108. The largest absolute Gasteiger partial charge is 0.378 e. The number of benzene rings is 1. The van der Waals surface area contributed by atoms with Gasteiger partial charge >= 0.3 is 0 Å². The van der Waals surface area contributed by atoms with Crippen molar-refractivity contribution in [2.45, 2.75) is 26.7 Å². The van der Waals surface area contributed by atoms with Crippen LogP contribution >= 0.6 is 11.3 Å². The molecule has 0 spiro atoms. The molecule has 3 aromatic rings. The number of rotatable bonds is 3. The van der Waals surface area contributed by atoms with Crippen molar-refractivity contribution < 1.29 is 9.53 Å². The summed E-state index contributed by atoms with van der Waals surface area (Å²) in [5.74, 6) is 0.287. The zero-order chi connectivity index (χ0) is 20.9. The molecule has 1 aromatic carbocycles. The fraction of sp³-hybridized carbons (Fsp3) is 0.417. The molecule has 1 aliphatic heterocycles. The monoisotopic (exact) mass is 421 g/mol. The van der Waals surface area contributed by atoms with Gasteiger partial charge in [0.2, 0.25) is 0 Å². The Kier molecular flexibility index (Phi) is 4.79. The molecule has 0 unspecified atom stereocenters. The van der Waals surface area contributed by atoms with Gasteiger partial charge in [-0.1, -0.05) is 32.0 Å². The third-order valence-corrected chi connectivity index (χ3v) is 7.36. The minimum Gasteiger partial charge on any atom is -0.378 e. The molecule has 156 valence electrons. The van der Waals surface area contributed by atoms with Crippen molar-refractivity contribution in [2.75, 3.05) is 31.2 Å². The molecule has 5 rings (SSSR count). The van der Waals surface area contributed by atoms with E-state index < -0.39 is 0 Å². The molecule has 2 aromatic heterocycles. The van der Waals surface area contributed by atoms with Crippen LogP contribution in [0.2, 0.25) is 0 Å². The van der Waals surface area contributed by atoms with Crippen LogP contribution in [0.25, 0.3) is 22.3 Å². The average Bonchev–Trinajstić information content (AvgIpc) is 3.32. The highest BCUT2D eigenvalue weighted by molar-refractivity contribution is 7.19. The Bertz CT molecular complexity index is 1110. The molecular weight excluding hydrogens is 394 g/mol. The number of ether oxygens (including phenoxy) is 1. The Morgan fingerprint density at radius 3 is 2.60 bits per heavy atom. The molecule has 6 heteroatoms. The van der Waals surface area contributed by atoms with E-state index in [0.29, 0.717) is 6.42 Å². The van der Waals surface area contributed by atoms with Crippen LogP contribution in [0.3, 0.4) is 0 Å². The molecule has 30 heavy (non-hydrogen) atoms. The first-order chi connectivity index (χ1) is 14.4. The fourth-order valence-electron chi connectivity index (χ4n) is 4.61. The molecule has 2 aliphatic rings. The minimum atomic E-state index is -0.0108. The summed E-state index contributed by atoms with van der Waals surface area (Å²) in [4.78, 5) is 16.4. The van der Waals surface area contributed by atoms with Crippen molar-refractivity contribution in [1.82, 2.24) is 9.78 Å². The van der Waals surface area contributed by atoms with E-state index in [9.17, 15) is 4.79 Å². The SMILES string of the molecule is Cn1cc(-c2cccc(-c3c(N4CCOCC4)sc4c3CC(C)(C)CC4=O)c2)cn1. The van der Waals surface area contributed by atoms with Gasteiger partial charge in [0, 0.05) is 43.9 Å². The van der Waals surface area contributed by atoms with Crippen LogP contribution in [0.15, 0.2) is 36.7 Å². The second-order valence-electron chi connectivity index (χ2n) is 9.11. The normalized spacial score (nSPS) is 18.5. The lowest BCUT2D eigenvalue weighted by Crippen LogP contribution is -2.36. The molecule has 0 bridgehead atoms. The zero-order valence-electron chi connectivity index (χ0n) is 17.8. The van der Waals surface area contributed by atoms with E-state index in [1.807, 2.05) is 24.1 Å². The number of thiophene rings is 1. The lowest BCUT2D eigenvalue weighted by atomic mass is 9.75. The number of aromatic nitrogens is 2. The molecule has 0 N–H and O–H groups in total. The maximum Gasteiger partial charge on any atom is 0.173 e. The summed E-state index contributed by atoms with van der Waals surface area (Å²) in [6.07, 6.45) is 5.50. The zero-order valence-corrected chi connectivity index (χ0v) is 18.6. The summed E-state index contributed by atoms with van der Waals surface area (Å²) in [5, 5.41) is 5.55. The second-order valence-corrected chi connectivity index (χ2v) is 10.1. The average molecular weight is 422 g/mol. The van der Waals surface area contributed by atoms with Crippen LogP contribution in [0.5, 0.6) is 0 Å². The summed E-state index contributed by atoms with van der Waals surface area (Å²) in [7, 11) is 1.94. The molecular formula is C24H27N3O2S. The van der Waals surface area contributed by atoms with E-state index in [1.165, 1.54) is 21.7 Å². The number of morpholine rings is 1. The lowest BCUT2D eigenvalue weighted by molar-refractivity contribution is 0.0918. The molecule has 0 saturated carbocycles. The van der Waals surface area contributed by atoms with Gasteiger partial charge in [0.15, 0.2) is 5.78 Å². The molecule has 1 fully saturated rings. The number of Topliss-reactive ketones (excluding diaryl/α,β-unsaturated/α-hetero) is 1. The Labute approximate surface area is 181 Å². The van der Waals surface area contributed by atoms with Crippen molar-refractivity contribution in [2.24, 2.45) is 12.5 Å². The molecule has 1 saturated heterocycles. The molecule has 3 heterocycles. The van der Waals surface area contributed by atoms with Gasteiger partial charge in [-0.2, -0.15) is 5.10 Å². The number of hydrogen-bond acceptors (Lipinski definition) is 5. The number of carbonyl (C=O) groups excluding carboxylic acids is 1. The fourth-order valence-corrected chi connectivity index (χ4v) is 5.94. The maximum absolute atomic E-state index is 13.0. The molecule has 0 atom stereocenters. The Morgan fingerprint density at radius 1 is 1.10 bits per heavy atom. The third-order valence-electron chi connectivity index (χ3n) is 6.02. The predicted octanol–water partition coefficient (Wildman–Crippen LogP) is 4.81. The van der Waals surface area contributed by atoms with Crippen LogP contribution in [0.1, 0.15) is 35.5 Å². The van der Waals surface area contributed by atoms with Crippen LogP contribution in [0.4, 0.5) is 5.00 Å². The van der Waals surface area contributed by atoms with Gasteiger partial charge < -0.3 is 9.64 Å². The van der Waals surface area contributed by atoms with Gasteiger partial charge in [-0.25, -0.2) is 0 Å². The number of nitrogens with zero attached hydrogens (tertiary/aromatic N) is 3. The summed E-state index contributed by atoms with van der Waals surface area (Å²) < 4.78 is 7.42. The highest BCUT2D eigenvalue weighted by atomic mass is 32.1. The summed E-state index contributed by atoms with van der Waals surface area (Å²) in [6.45, 7) is 7.61. The van der Waals surface area contributed by atoms with E-state index in [4.69, 9.17) is 4.74 Å². The van der Waals surface area contributed by atoms with E-state index in [0.717, 1.165) is 48.7 Å². The quantitative estimate of drug-likeness (QED) is 0.609. The molecule has 1 aliphatic carbocycles. The Morgan fingerprint density at radius 2 is 1.87 bits per heavy atom. The first-order valence-electron chi connectivity index (χ1n) is 10.5. The molecule has 5 nitrogen and oxygen atoms in total. The highest BCUT2D eigenvalue weighted by Crippen LogP contribution is 2.49. The molecule has 0 amide bonds. The predicted molar refractivity (Wildman–Crippen MR) is 121 cm³/mol. The van der Waals surface area contributed by atoms with Crippen molar-refractivity contribution in [1.29, 1.82) is 0 Å². The first-order valence-corrected chi connectivity index (χ1v) is 11.3.